The summed E-state index contributed by atoms with van der Waals surface area (Å²) in [5.41, 5.74) is 9.94. The van der Waals surface area contributed by atoms with Crippen molar-refractivity contribution in [2.45, 2.75) is 31.6 Å². The Morgan fingerprint density at radius 3 is 2.61 bits per heavy atom. The van der Waals surface area contributed by atoms with Crippen molar-refractivity contribution >= 4 is 5.91 Å². The zero-order valence-corrected chi connectivity index (χ0v) is 18.4. The third-order valence-corrected chi connectivity index (χ3v) is 6.55. The number of rotatable bonds is 5. The van der Waals surface area contributed by atoms with Crippen molar-refractivity contribution in [2.75, 3.05) is 7.11 Å². The predicted octanol–water partition coefficient (Wildman–Crippen LogP) is 2.73. The molecule has 0 saturated carbocycles. The summed E-state index contributed by atoms with van der Waals surface area (Å²) < 4.78 is 5.35. The number of carbonyl (C=O) groups is 1. The number of aromatic hydroxyl groups is 2. The van der Waals surface area contributed by atoms with Crippen LogP contribution in [0.15, 0.2) is 60.9 Å². The first kappa shape index (κ1) is 21.2. The summed E-state index contributed by atoms with van der Waals surface area (Å²) in [5, 5.41) is 20.8. The highest BCUT2D eigenvalue weighted by atomic mass is 16.5. The molecule has 2 fully saturated rings. The molecule has 0 bridgehead atoms. The Morgan fingerprint density at radius 1 is 1.06 bits per heavy atom. The van der Waals surface area contributed by atoms with Crippen molar-refractivity contribution in [3.63, 3.8) is 0 Å². The zero-order chi connectivity index (χ0) is 23.1. The summed E-state index contributed by atoms with van der Waals surface area (Å²) in [6.45, 7) is 2.36. The standard InChI is InChI=1S/C25H26N4O4/c1-14-5-7-18(30)17(10-14)22-21-23(28-27-22)25(32)29(13-15-4-3-9-26-12-15)24(21)16-6-8-19(31)20(11-16)33-2/h3-12,21-24,27-28,30-31H,13H2,1-2H3. The first-order valence-corrected chi connectivity index (χ1v) is 10.8. The zero-order valence-electron chi connectivity index (χ0n) is 18.4. The molecule has 5 rings (SSSR count). The van der Waals surface area contributed by atoms with Gasteiger partial charge in [0.05, 0.1) is 19.2 Å². The quantitative estimate of drug-likeness (QED) is 0.477. The van der Waals surface area contributed by atoms with Crippen LogP contribution in [0.2, 0.25) is 0 Å². The lowest BCUT2D eigenvalue weighted by atomic mass is 9.82. The van der Waals surface area contributed by atoms with Crippen LogP contribution < -0.4 is 15.6 Å². The molecule has 1 amide bonds. The molecule has 33 heavy (non-hydrogen) atoms. The van der Waals surface area contributed by atoms with Crippen molar-refractivity contribution < 1.29 is 19.7 Å². The van der Waals surface area contributed by atoms with Crippen molar-refractivity contribution in [3.05, 3.63) is 83.2 Å². The number of phenolic OH excluding ortho intramolecular Hbond substituents is 2. The number of pyridine rings is 1. The number of hydrazine groups is 1. The Bertz CT molecular complexity index is 1190. The van der Waals surface area contributed by atoms with Gasteiger partial charge in [0.1, 0.15) is 11.8 Å². The third kappa shape index (κ3) is 3.67. The molecule has 2 aliphatic rings. The Morgan fingerprint density at radius 2 is 1.85 bits per heavy atom. The number of phenols is 2. The topological polar surface area (TPSA) is 107 Å². The SMILES string of the molecule is COc1cc(C2C3C(NNC3c3cc(C)ccc3O)C(=O)N2Cc2cccnc2)ccc1O. The molecule has 0 spiro atoms. The summed E-state index contributed by atoms with van der Waals surface area (Å²) in [6.07, 6.45) is 3.46. The van der Waals surface area contributed by atoms with Gasteiger partial charge in [-0.15, -0.1) is 0 Å². The van der Waals surface area contributed by atoms with Crippen molar-refractivity contribution in [3.8, 4) is 17.2 Å². The normalized spacial score (nSPS) is 24.2. The van der Waals surface area contributed by atoms with Crippen LogP contribution in [-0.2, 0) is 11.3 Å². The average Bonchev–Trinajstić information content (AvgIpc) is 3.36. The lowest BCUT2D eigenvalue weighted by Crippen LogP contribution is -2.41. The van der Waals surface area contributed by atoms with E-state index in [4.69, 9.17) is 4.74 Å². The van der Waals surface area contributed by atoms with Crippen LogP contribution in [0.5, 0.6) is 17.2 Å². The Balaban J connectivity index is 1.61. The highest BCUT2D eigenvalue weighted by molar-refractivity contribution is 5.86. The summed E-state index contributed by atoms with van der Waals surface area (Å²) in [5.74, 6) is 0.315. The highest BCUT2D eigenvalue weighted by Gasteiger charge is 2.55. The molecule has 2 saturated heterocycles. The third-order valence-electron chi connectivity index (χ3n) is 6.55. The Hall–Kier alpha value is -3.62. The minimum Gasteiger partial charge on any atom is -0.508 e. The summed E-state index contributed by atoms with van der Waals surface area (Å²) in [6, 6.07) is 13.3. The molecule has 4 N–H and O–H groups in total. The van der Waals surface area contributed by atoms with E-state index >= 15 is 0 Å². The van der Waals surface area contributed by atoms with E-state index in [9.17, 15) is 15.0 Å². The van der Waals surface area contributed by atoms with Gasteiger partial charge in [-0.05, 0) is 42.3 Å². The number of hydrogen-bond acceptors (Lipinski definition) is 7. The number of aromatic nitrogens is 1. The number of benzene rings is 2. The number of nitrogens with zero attached hydrogens (tertiary/aromatic N) is 2. The summed E-state index contributed by atoms with van der Waals surface area (Å²) >= 11 is 0. The first-order valence-electron chi connectivity index (χ1n) is 10.8. The second-order valence-electron chi connectivity index (χ2n) is 8.59. The lowest BCUT2D eigenvalue weighted by Gasteiger charge is -2.32. The van der Waals surface area contributed by atoms with Gasteiger partial charge >= 0.3 is 0 Å². The maximum atomic E-state index is 13.6. The maximum absolute atomic E-state index is 13.6. The van der Waals surface area contributed by atoms with Gasteiger partial charge in [0.25, 0.3) is 0 Å². The fourth-order valence-corrected chi connectivity index (χ4v) is 5.03. The highest BCUT2D eigenvalue weighted by Crippen LogP contribution is 2.50. The number of hydrogen-bond donors (Lipinski definition) is 4. The fourth-order valence-electron chi connectivity index (χ4n) is 5.03. The number of ether oxygens (including phenoxy) is 1. The molecule has 3 aromatic rings. The van der Waals surface area contributed by atoms with E-state index < -0.39 is 6.04 Å². The number of nitrogens with one attached hydrogen (secondary N) is 2. The first-order chi connectivity index (χ1) is 16.0. The van der Waals surface area contributed by atoms with Gasteiger partial charge < -0.3 is 19.8 Å². The number of fused-ring (bicyclic) bond motifs is 1. The van der Waals surface area contributed by atoms with E-state index in [-0.39, 0.29) is 35.4 Å². The lowest BCUT2D eigenvalue weighted by molar-refractivity contribution is -0.131. The van der Waals surface area contributed by atoms with Gasteiger partial charge in [0.15, 0.2) is 11.5 Å². The number of methoxy groups -OCH3 is 1. The van der Waals surface area contributed by atoms with Gasteiger partial charge in [-0.2, -0.15) is 0 Å². The summed E-state index contributed by atoms with van der Waals surface area (Å²) in [4.78, 5) is 19.6. The molecular formula is C25H26N4O4. The van der Waals surface area contributed by atoms with Crippen LogP contribution in [-0.4, -0.2) is 39.2 Å². The van der Waals surface area contributed by atoms with Crippen molar-refractivity contribution in [2.24, 2.45) is 5.92 Å². The van der Waals surface area contributed by atoms with Gasteiger partial charge in [0.2, 0.25) is 5.91 Å². The number of aryl methyl sites for hydroxylation is 1. The van der Waals surface area contributed by atoms with Gasteiger partial charge in [0, 0.05) is 30.4 Å². The van der Waals surface area contributed by atoms with Crippen LogP contribution in [0.25, 0.3) is 0 Å². The van der Waals surface area contributed by atoms with E-state index in [1.54, 1.807) is 30.6 Å². The van der Waals surface area contributed by atoms with E-state index in [0.29, 0.717) is 12.3 Å². The van der Waals surface area contributed by atoms with Crippen LogP contribution in [0.4, 0.5) is 0 Å². The molecule has 0 aliphatic carbocycles. The molecule has 170 valence electrons. The Kier molecular flexibility index (Phi) is 5.39. The fraction of sp³-hybridized carbons (Fsp3) is 0.280. The van der Waals surface area contributed by atoms with Gasteiger partial charge in [-0.3, -0.25) is 9.78 Å². The number of likely N-dealkylation sites (tertiary alicyclic amines) is 1. The molecule has 0 radical (unpaired) electrons. The number of amides is 1. The van der Waals surface area contributed by atoms with E-state index in [2.05, 4.69) is 15.8 Å². The molecule has 1 aromatic heterocycles. The molecule has 2 aliphatic heterocycles. The summed E-state index contributed by atoms with van der Waals surface area (Å²) in [7, 11) is 1.50. The Labute approximate surface area is 191 Å². The van der Waals surface area contributed by atoms with Crippen LogP contribution in [0.1, 0.15) is 34.3 Å². The molecule has 3 heterocycles. The maximum Gasteiger partial charge on any atom is 0.242 e. The second kappa shape index (κ2) is 8.38. The van der Waals surface area contributed by atoms with E-state index in [1.807, 2.05) is 42.2 Å². The molecular weight excluding hydrogens is 420 g/mol. The van der Waals surface area contributed by atoms with Crippen molar-refractivity contribution in [1.29, 1.82) is 0 Å². The molecule has 4 unspecified atom stereocenters. The molecule has 2 aromatic carbocycles. The predicted molar refractivity (Wildman–Crippen MR) is 121 cm³/mol. The van der Waals surface area contributed by atoms with Crippen molar-refractivity contribution in [1.82, 2.24) is 20.7 Å². The molecule has 8 heteroatoms. The molecule has 4 atom stereocenters. The minimum atomic E-state index is -0.476. The molecule has 8 nitrogen and oxygen atoms in total. The van der Waals surface area contributed by atoms with E-state index in [0.717, 1.165) is 22.3 Å². The van der Waals surface area contributed by atoms with Crippen LogP contribution in [0, 0.1) is 12.8 Å². The second-order valence-corrected chi connectivity index (χ2v) is 8.59. The van der Waals surface area contributed by atoms with Crippen LogP contribution in [0.3, 0.4) is 0 Å². The minimum absolute atomic E-state index is 0.0384. The van der Waals surface area contributed by atoms with Gasteiger partial charge in [-0.25, -0.2) is 10.9 Å². The smallest absolute Gasteiger partial charge is 0.242 e. The van der Waals surface area contributed by atoms with Gasteiger partial charge in [-0.1, -0.05) is 29.8 Å². The van der Waals surface area contributed by atoms with Crippen LogP contribution >= 0.6 is 0 Å². The monoisotopic (exact) mass is 446 g/mol. The average molecular weight is 447 g/mol. The van der Waals surface area contributed by atoms with E-state index in [1.165, 1.54) is 7.11 Å². The number of carbonyl (C=O) groups excluding carboxylic acids is 1. The largest absolute Gasteiger partial charge is 0.508 e.